The Hall–Kier alpha value is -1.41. The second-order valence-electron chi connectivity index (χ2n) is 3.94. The van der Waals surface area contributed by atoms with Crippen LogP contribution in [0.5, 0.6) is 0 Å². The molecule has 2 heteroatoms. The predicted molar refractivity (Wildman–Crippen MR) is 73.4 cm³/mol. The van der Waals surface area contributed by atoms with Gasteiger partial charge in [0.25, 0.3) is 0 Å². The first-order valence-corrected chi connectivity index (χ1v) is 7.17. The molecule has 0 spiro atoms. The van der Waals surface area contributed by atoms with Crippen molar-refractivity contribution in [1.29, 1.82) is 0 Å². The van der Waals surface area contributed by atoms with Gasteiger partial charge in [-0.05, 0) is 29.7 Å². The first-order chi connectivity index (χ1) is 8.31. The standard InChI is InChI=1S/C15H16OS/c1-2-12-17(16)15-10-8-14(9-11-15)13-6-4-3-5-7-13/h3-11H,2,12H2,1H3. The van der Waals surface area contributed by atoms with E-state index in [0.29, 0.717) is 0 Å². The highest BCUT2D eigenvalue weighted by atomic mass is 32.2. The molecule has 0 N–H and O–H groups in total. The molecule has 0 bridgehead atoms. The molecule has 0 radical (unpaired) electrons. The van der Waals surface area contributed by atoms with Gasteiger partial charge in [0.1, 0.15) is 0 Å². The van der Waals surface area contributed by atoms with Crippen LogP contribution < -0.4 is 0 Å². The Labute approximate surface area is 105 Å². The third-order valence-corrected chi connectivity index (χ3v) is 4.19. The lowest BCUT2D eigenvalue weighted by molar-refractivity contribution is 0.682. The van der Waals surface area contributed by atoms with Crippen LogP contribution in [0.1, 0.15) is 13.3 Å². The lowest BCUT2D eigenvalue weighted by Gasteiger charge is -2.04. The fourth-order valence-electron chi connectivity index (χ4n) is 1.73. The van der Waals surface area contributed by atoms with E-state index < -0.39 is 10.8 Å². The van der Waals surface area contributed by atoms with E-state index >= 15 is 0 Å². The smallest absolute Gasteiger partial charge is 0.0529 e. The summed E-state index contributed by atoms with van der Waals surface area (Å²) in [6.07, 6.45) is 0.951. The molecule has 0 aliphatic carbocycles. The maximum atomic E-state index is 11.8. The average molecular weight is 244 g/mol. The summed E-state index contributed by atoms with van der Waals surface area (Å²) in [5.41, 5.74) is 2.36. The van der Waals surface area contributed by atoms with Crippen molar-refractivity contribution >= 4 is 10.8 Å². The van der Waals surface area contributed by atoms with Crippen LogP contribution in [-0.4, -0.2) is 9.96 Å². The van der Waals surface area contributed by atoms with Crippen LogP contribution in [0.3, 0.4) is 0 Å². The molecular formula is C15H16OS. The average Bonchev–Trinajstić information content (AvgIpc) is 2.40. The van der Waals surface area contributed by atoms with E-state index in [4.69, 9.17) is 0 Å². The molecule has 0 saturated heterocycles. The molecule has 0 heterocycles. The van der Waals surface area contributed by atoms with Gasteiger partial charge in [0.05, 0.1) is 10.8 Å². The van der Waals surface area contributed by atoms with Crippen molar-refractivity contribution in [2.24, 2.45) is 0 Å². The van der Waals surface area contributed by atoms with E-state index in [2.05, 4.69) is 19.1 Å². The Bertz CT molecular complexity index is 488. The Kier molecular flexibility index (Phi) is 4.10. The van der Waals surface area contributed by atoms with Crippen LogP contribution in [0, 0.1) is 0 Å². The molecule has 2 rings (SSSR count). The highest BCUT2D eigenvalue weighted by Gasteiger charge is 2.02. The van der Waals surface area contributed by atoms with Crippen LogP contribution in [-0.2, 0) is 10.8 Å². The normalized spacial score (nSPS) is 12.3. The van der Waals surface area contributed by atoms with Gasteiger partial charge in [-0.1, -0.05) is 49.4 Å². The first-order valence-electron chi connectivity index (χ1n) is 5.85. The molecule has 0 saturated carbocycles. The summed E-state index contributed by atoms with van der Waals surface area (Å²) in [4.78, 5) is 0.923. The van der Waals surface area contributed by atoms with Crippen LogP contribution in [0.4, 0.5) is 0 Å². The quantitative estimate of drug-likeness (QED) is 0.798. The van der Waals surface area contributed by atoms with Gasteiger partial charge in [-0.3, -0.25) is 4.21 Å². The zero-order valence-electron chi connectivity index (χ0n) is 9.93. The lowest BCUT2D eigenvalue weighted by Crippen LogP contribution is -1.96. The van der Waals surface area contributed by atoms with Crippen molar-refractivity contribution in [2.75, 3.05) is 5.75 Å². The SMILES string of the molecule is CCCS(=O)c1ccc(-c2ccccc2)cc1. The lowest BCUT2D eigenvalue weighted by atomic mass is 10.1. The summed E-state index contributed by atoms with van der Waals surface area (Å²) in [6.45, 7) is 2.05. The molecule has 0 aliphatic heterocycles. The highest BCUT2D eigenvalue weighted by Crippen LogP contribution is 2.20. The molecule has 0 aromatic heterocycles. The largest absolute Gasteiger partial charge is 0.254 e. The van der Waals surface area contributed by atoms with E-state index in [1.165, 1.54) is 11.1 Å². The van der Waals surface area contributed by atoms with E-state index in [0.717, 1.165) is 17.1 Å². The molecule has 17 heavy (non-hydrogen) atoms. The van der Waals surface area contributed by atoms with Crippen LogP contribution >= 0.6 is 0 Å². The molecule has 1 atom stereocenters. The minimum atomic E-state index is -0.848. The van der Waals surface area contributed by atoms with E-state index in [9.17, 15) is 4.21 Å². The third kappa shape index (κ3) is 3.04. The fourth-order valence-corrected chi connectivity index (χ4v) is 2.78. The van der Waals surface area contributed by atoms with Crippen LogP contribution in [0.25, 0.3) is 11.1 Å². The minimum Gasteiger partial charge on any atom is -0.254 e. The monoisotopic (exact) mass is 244 g/mol. The molecule has 0 amide bonds. The van der Waals surface area contributed by atoms with Gasteiger partial charge in [0, 0.05) is 10.6 Å². The molecular weight excluding hydrogens is 228 g/mol. The van der Waals surface area contributed by atoms with E-state index in [-0.39, 0.29) is 0 Å². The van der Waals surface area contributed by atoms with Crippen LogP contribution in [0.2, 0.25) is 0 Å². The number of hydrogen-bond acceptors (Lipinski definition) is 1. The summed E-state index contributed by atoms with van der Waals surface area (Å²) < 4.78 is 11.8. The van der Waals surface area contributed by atoms with Crippen LogP contribution in [0.15, 0.2) is 59.5 Å². The van der Waals surface area contributed by atoms with Crippen molar-refractivity contribution in [3.05, 3.63) is 54.6 Å². The van der Waals surface area contributed by atoms with E-state index in [1.807, 2.05) is 42.5 Å². The van der Waals surface area contributed by atoms with Gasteiger partial charge in [-0.15, -0.1) is 0 Å². The second-order valence-corrected chi connectivity index (χ2v) is 5.51. The Morgan fingerprint density at radius 1 is 0.882 bits per heavy atom. The summed E-state index contributed by atoms with van der Waals surface area (Å²) in [5, 5.41) is 0. The number of hydrogen-bond donors (Lipinski definition) is 0. The Morgan fingerprint density at radius 3 is 2.06 bits per heavy atom. The van der Waals surface area contributed by atoms with Crippen molar-refractivity contribution in [1.82, 2.24) is 0 Å². The molecule has 1 unspecified atom stereocenters. The Morgan fingerprint density at radius 2 is 1.47 bits per heavy atom. The van der Waals surface area contributed by atoms with Gasteiger partial charge in [-0.25, -0.2) is 0 Å². The predicted octanol–water partition coefficient (Wildman–Crippen LogP) is 3.87. The molecule has 2 aromatic rings. The van der Waals surface area contributed by atoms with Gasteiger partial charge < -0.3 is 0 Å². The Balaban J connectivity index is 2.22. The minimum absolute atomic E-state index is 0.741. The first kappa shape index (κ1) is 12.1. The molecule has 0 fully saturated rings. The van der Waals surface area contributed by atoms with Crippen molar-refractivity contribution in [2.45, 2.75) is 18.2 Å². The molecule has 0 aliphatic rings. The fraction of sp³-hybridized carbons (Fsp3) is 0.200. The van der Waals surface area contributed by atoms with Crippen molar-refractivity contribution in [3.8, 4) is 11.1 Å². The zero-order chi connectivity index (χ0) is 12.1. The zero-order valence-corrected chi connectivity index (χ0v) is 10.7. The topological polar surface area (TPSA) is 17.1 Å². The molecule has 1 nitrogen and oxygen atoms in total. The summed E-state index contributed by atoms with van der Waals surface area (Å²) in [7, 11) is -0.848. The van der Waals surface area contributed by atoms with Gasteiger partial charge in [0.15, 0.2) is 0 Å². The number of rotatable bonds is 4. The van der Waals surface area contributed by atoms with Crippen molar-refractivity contribution < 1.29 is 4.21 Å². The summed E-state index contributed by atoms with van der Waals surface area (Å²) >= 11 is 0. The number of benzene rings is 2. The summed E-state index contributed by atoms with van der Waals surface area (Å²) in [6, 6.07) is 18.2. The highest BCUT2D eigenvalue weighted by molar-refractivity contribution is 7.85. The van der Waals surface area contributed by atoms with Gasteiger partial charge in [-0.2, -0.15) is 0 Å². The van der Waals surface area contributed by atoms with E-state index in [1.54, 1.807) is 0 Å². The molecule has 88 valence electrons. The maximum absolute atomic E-state index is 11.8. The maximum Gasteiger partial charge on any atom is 0.0529 e. The second kappa shape index (κ2) is 5.78. The third-order valence-electron chi connectivity index (χ3n) is 2.61. The molecule has 2 aromatic carbocycles. The summed E-state index contributed by atoms with van der Waals surface area (Å²) in [5.74, 6) is 0.741. The van der Waals surface area contributed by atoms with Crippen molar-refractivity contribution in [3.63, 3.8) is 0 Å². The van der Waals surface area contributed by atoms with Gasteiger partial charge in [0.2, 0.25) is 0 Å². The van der Waals surface area contributed by atoms with Gasteiger partial charge >= 0.3 is 0 Å².